The maximum Gasteiger partial charge on any atom is 0.295 e. The largest absolute Gasteiger partial charge is 0.399 e. The fourth-order valence-electron chi connectivity index (χ4n) is 4.39. The monoisotopic (exact) mass is 565 g/mol. The maximum absolute atomic E-state index is 13.5. The molecule has 0 spiro atoms. The Morgan fingerprint density at radius 2 is 1.46 bits per heavy atom. The van der Waals surface area contributed by atoms with Crippen molar-refractivity contribution >= 4 is 56.5 Å². The first-order chi connectivity index (χ1) is 18.6. The van der Waals surface area contributed by atoms with E-state index in [9.17, 15) is 22.6 Å². The molecular formula is C26H19N3O8S2. The Hall–Kier alpha value is -4.24. The number of fused-ring (bicyclic) bond motifs is 2. The molecule has 0 fully saturated rings. The van der Waals surface area contributed by atoms with Crippen LogP contribution in [0, 0.1) is 0 Å². The van der Waals surface area contributed by atoms with Crippen molar-refractivity contribution in [2.45, 2.75) is 9.79 Å². The third-order valence-electron chi connectivity index (χ3n) is 6.11. The summed E-state index contributed by atoms with van der Waals surface area (Å²) in [6.07, 6.45) is 0. The Balaban J connectivity index is 1.58. The number of nitrogen functional groups attached to an aromatic ring is 2. The molecule has 0 heterocycles. The third-order valence-corrected chi connectivity index (χ3v) is 7.65. The number of carbonyl (C=O) groups excluding carboxylic acids is 2. The summed E-state index contributed by atoms with van der Waals surface area (Å²) in [6, 6.07) is 18.4. The van der Waals surface area contributed by atoms with Crippen molar-refractivity contribution in [2.75, 3.05) is 16.8 Å². The van der Waals surface area contributed by atoms with Gasteiger partial charge in [0.15, 0.2) is 11.6 Å². The van der Waals surface area contributed by atoms with Crippen LogP contribution in [0.5, 0.6) is 0 Å². The van der Waals surface area contributed by atoms with E-state index in [4.69, 9.17) is 16.7 Å². The SMILES string of the molecule is Nc1ccc(-c2ccc(Nc3cc(SOOO)c(N)c4c3C(=O)c3ccccc3C4=O)cc2)c(S(=O)(=O)O)c1. The van der Waals surface area contributed by atoms with E-state index in [1.165, 1.54) is 24.3 Å². The molecule has 5 rings (SSSR count). The zero-order chi connectivity index (χ0) is 27.9. The molecule has 39 heavy (non-hydrogen) atoms. The van der Waals surface area contributed by atoms with Gasteiger partial charge in [-0.3, -0.25) is 14.1 Å². The predicted octanol–water partition coefficient (Wildman–Crippen LogP) is 4.71. The van der Waals surface area contributed by atoms with Gasteiger partial charge in [-0.15, -0.1) is 4.33 Å². The van der Waals surface area contributed by atoms with Gasteiger partial charge in [-0.1, -0.05) is 47.5 Å². The summed E-state index contributed by atoms with van der Waals surface area (Å²) >= 11 is 0.542. The highest BCUT2D eigenvalue weighted by Gasteiger charge is 2.35. The van der Waals surface area contributed by atoms with E-state index in [1.54, 1.807) is 42.5 Å². The summed E-state index contributed by atoms with van der Waals surface area (Å²) < 4.78 is 37.9. The molecule has 0 saturated carbocycles. The number of hydrogen-bond donors (Lipinski definition) is 5. The Bertz CT molecular complexity index is 1760. The molecule has 1 aliphatic rings. The summed E-state index contributed by atoms with van der Waals surface area (Å²) in [5, 5.41) is 15.4. The van der Waals surface area contributed by atoms with Crippen LogP contribution in [-0.4, -0.2) is 29.8 Å². The maximum atomic E-state index is 13.5. The number of ketones is 2. The number of rotatable bonds is 7. The standard InChI is InChI=1S/C26H19N3O8S2/c27-14-7-10-16(21(11-14)39(33,34)35)13-5-8-15(9-6-13)29-19-12-20(38-37-36-32)24(28)23-22(19)25(30)17-3-1-2-4-18(17)26(23)31/h1-12,29,32H,27-28H2,(H,33,34,35). The normalized spacial score (nSPS) is 12.7. The lowest BCUT2D eigenvalue weighted by Crippen LogP contribution is -2.24. The second-order valence-electron chi connectivity index (χ2n) is 8.45. The van der Waals surface area contributed by atoms with Gasteiger partial charge >= 0.3 is 0 Å². The first kappa shape index (κ1) is 26.4. The van der Waals surface area contributed by atoms with Gasteiger partial charge in [0.1, 0.15) is 4.90 Å². The van der Waals surface area contributed by atoms with Gasteiger partial charge in [0, 0.05) is 28.1 Å². The first-order valence-corrected chi connectivity index (χ1v) is 13.3. The molecule has 0 amide bonds. The van der Waals surface area contributed by atoms with E-state index in [1.807, 2.05) is 0 Å². The average Bonchev–Trinajstić information content (AvgIpc) is 2.91. The number of hydrogen-bond acceptors (Lipinski definition) is 11. The van der Waals surface area contributed by atoms with E-state index in [-0.39, 0.29) is 54.7 Å². The molecule has 4 aromatic rings. The fraction of sp³-hybridized carbons (Fsp3) is 0. The summed E-state index contributed by atoms with van der Waals surface area (Å²) in [5.41, 5.74) is 14.0. The van der Waals surface area contributed by atoms with Crippen LogP contribution in [0.15, 0.2) is 82.6 Å². The fourth-order valence-corrected chi connectivity index (χ4v) is 5.60. The molecule has 1 aliphatic carbocycles. The minimum atomic E-state index is -4.54. The van der Waals surface area contributed by atoms with E-state index < -0.39 is 21.7 Å². The van der Waals surface area contributed by atoms with Gasteiger partial charge in [0.25, 0.3) is 10.1 Å². The van der Waals surface area contributed by atoms with Crippen molar-refractivity contribution in [3.63, 3.8) is 0 Å². The number of nitrogens with one attached hydrogen (secondary N) is 1. The van der Waals surface area contributed by atoms with Gasteiger partial charge in [0.2, 0.25) is 0 Å². The van der Waals surface area contributed by atoms with E-state index in [0.29, 0.717) is 23.3 Å². The lowest BCUT2D eigenvalue weighted by Gasteiger charge is -2.23. The van der Waals surface area contributed by atoms with Gasteiger partial charge in [-0.2, -0.15) is 8.42 Å². The quantitative estimate of drug-likeness (QED) is 0.0601. The lowest BCUT2D eigenvalue weighted by atomic mass is 9.82. The molecule has 0 radical (unpaired) electrons. The predicted molar refractivity (Wildman–Crippen MR) is 144 cm³/mol. The van der Waals surface area contributed by atoms with Crippen LogP contribution >= 0.6 is 12.0 Å². The highest BCUT2D eigenvalue weighted by molar-refractivity contribution is 7.94. The second kappa shape index (κ2) is 10.1. The molecule has 0 aliphatic heterocycles. The number of benzene rings is 4. The van der Waals surface area contributed by atoms with Crippen molar-refractivity contribution in [1.82, 2.24) is 0 Å². The topological polar surface area (TPSA) is 191 Å². The molecule has 4 aromatic carbocycles. The van der Waals surface area contributed by atoms with Crippen LogP contribution in [0.3, 0.4) is 0 Å². The minimum Gasteiger partial charge on any atom is -0.399 e. The summed E-state index contributed by atoms with van der Waals surface area (Å²) in [6.45, 7) is 0. The zero-order valence-corrected chi connectivity index (χ0v) is 21.4. The molecule has 0 saturated heterocycles. The van der Waals surface area contributed by atoms with Crippen LogP contribution in [0.4, 0.5) is 22.7 Å². The Morgan fingerprint density at radius 3 is 2.08 bits per heavy atom. The second-order valence-corrected chi connectivity index (χ2v) is 10.6. The van der Waals surface area contributed by atoms with Gasteiger partial charge in [-0.05, 0) is 35.9 Å². The van der Waals surface area contributed by atoms with Crippen LogP contribution in [0.2, 0.25) is 0 Å². The van der Waals surface area contributed by atoms with Crippen molar-refractivity contribution in [2.24, 2.45) is 0 Å². The molecule has 0 aromatic heterocycles. The number of nitrogens with two attached hydrogens (primary N) is 2. The molecule has 0 bridgehead atoms. The van der Waals surface area contributed by atoms with Crippen LogP contribution in [-0.2, 0) is 19.5 Å². The van der Waals surface area contributed by atoms with Crippen LogP contribution in [0.25, 0.3) is 11.1 Å². The first-order valence-electron chi connectivity index (χ1n) is 11.1. The van der Waals surface area contributed by atoms with Gasteiger partial charge in [0.05, 0.1) is 39.4 Å². The average molecular weight is 566 g/mol. The summed E-state index contributed by atoms with van der Waals surface area (Å²) in [5.74, 6) is -0.869. The van der Waals surface area contributed by atoms with Crippen molar-refractivity contribution in [3.05, 3.63) is 95.1 Å². The molecule has 11 nitrogen and oxygen atoms in total. The van der Waals surface area contributed by atoms with E-state index in [0.717, 1.165) is 6.07 Å². The molecule has 0 atom stereocenters. The Labute approximate surface area is 226 Å². The summed E-state index contributed by atoms with van der Waals surface area (Å²) in [7, 11) is -4.54. The third kappa shape index (κ3) is 4.85. The zero-order valence-electron chi connectivity index (χ0n) is 19.7. The van der Waals surface area contributed by atoms with Crippen LogP contribution in [0.1, 0.15) is 31.8 Å². The van der Waals surface area contributed by atoms with Crippen molar-refractivity contribution in [1.29, 1.82) is 0 Å². The van der Waals surface area contributed by atoms with E-state index >= 15 is 0 Å². The number of carbonyl (C=O) groups is 2. The van der Waals surface area contributed by atoms with Crippen molar-refractivity contribution in [3.8, 4) is 11.1 Å². The highest BCUT2D eigenvalue weighted by atomic mass is 32.2. The van der Waals surface area contributed by atoms with Gasteiger partial charge < -0.3 is 16.8 Å². The molecular weight excluding hydrogens is 546 g/mol. The van der Waals surface area contributed by atoms with Crippen LogP contribution < -0.4 is 16.8 Å². The molecule has 198 valence electrons. The minimum absolute atomic E-state index is 0.0240. The lowest BCUT2D eigenvalue weighted by molar-refractivity contribution is -0.432. The summed E-state index contributed by atoms with van der Waals surface area (Å²) in [4.78, 5) is 26.7. The number of anilines is 4. The smallest absolute Gasteiger partial charge is 0.295 e. The highest BCUT2D eigenvalue weighted by Crippen LogP contribution is 2.42. The molecule has 0 unspecified atom stereocenters. The molecule has 7 N–H and O–H groups in total. The van der Waals surface area contributed by atoms with E-state index in [2.05, 4.69) is 14.7 Å². The Morgan fingerprint density at radius 1 is 0.821 bits per heavy atom. The molecule has 13 heteroatoms. The van der Waals surface area contributed by atoms with Gasteiger partial charge in [-0.25, -0.2) is 5.26 Å². The Kier molecular flexibility index (Phi) is 6.86. The van der Waals surface area contributed by atoms with Crippen molar-refractivity contribution < 1.29 is 37.2 Å².